The van der Waals surface area contributed by atoms with Crippen LogP contribution in [0.25, 0.3) is 10.9 Å². The monoisotopic (exact) mass is 409 g/mol. The minimum absolute atomic E-state index is 0.173. The number of nitrogens with one attached hydrogen (secondary N) is 1. The number of pyridine rings is 2. The highest BCUT2D eigenvalue weighted by molar-refractivity contribution is 6.01. The summed E-state index contributed by atoms with van der Waals surface area (Å²) >= 11 is 0. The van der Waals surface area contributed by atoms with Crippen LogP contribution in [0.3, 0.4) is 0 Å². The molecule has 3 N–H and O–H groups in total. The quantitative estimate of drug-likeness (QED) is 0.424. The van der Waals surface area contributed by atoms with Crippen molar-refractivity contribution in [2.45, 2.75) is 6.42 Å². The molecule has 0 radical (unpaired) electrons. The van der Waals surface area contributed by atoms with Gasteiger partial charge in [0.25, 0.3) is 5.91 Å². The number of carbonyl (C=O) groups excluding carboxylic acids is 1. The number of methoxy groups -OCH3 is 1. The molecule has 1 aromatic carbocycles. The standard InChI is InChI=1S/C22H20FN3O4/c1-30-10-8-24-22(29)20-21(28)19-17(18(26-20)3-2-9-27)12-15(13-25-19)11-14-4-6-16(23)7-5-14/h4-7,12-13,27-28H,8-11H2,1H3,(H,24,29). The van der Waals surface area contributed by atoms with Crippen LogP contribution in [0.5, 0.6) is 5.75 Å². The lowest BCUT2D eigenvalue weighted by Crippen LogP contribution is -2.28. The van der Waals surface area contributed by atoms with Crippen molar-refractivity contribution < 1.29 is 24.1 Å². The van der Waals surface area contributed by atoms with Crippen molar-refractivity contribution in [2.24, 2.45) is 0 Å². The van der Waals surface area contributed by atoms with Crippen molar-refractivity contribution in [3.05, 3.63) is 64.9 Å². The highest BCUT2D eigenvalue weighted by Crippen LogP contribution is 2.29. The maximum atomic E-state index is 13.1. The molecular weight excluding hydrogens is 389 g/mol. The number of ether oxygens (including phenoxy) is 1. The number of nitrogens with zero attached hydrogens (tertiary/aromatic N) is 2. The van der Waals surface area contributed by atoms with Crippen molar-refractivity contribution in [2.75, 3.05) is 26.9 Å². The van der Waals surface area contributed by atoms with Crippen LogP contribution in [0, 0.1) is 17.7 Å². The molecule has 0 fully saturated rings. The van der Waals surface area contributed by atoms with E-state index in [4.69, 9.17) is 9.84 Å². The molecule has 1 amide bonds. The summed E-state index contributed by atoms with van der Waals surface area (Å²) in [4.78, 5) is 20.9. The van der Waals surface area contributed by atoms with Crippen LogP contribution in [0.15, 0.2) is 36.5 Å². The Morgan fingerprint density at radius 3 is 2.73 bits per heavy atom. The van der Waals surface area contributed by atoms with Gasteiger partial charge < -0.3 is 20.3 Å². The molecule has 0 atom stereocenters. The van der Waals surface area contributed by atoms with Gasteiger partial charge in [-0.05, 0) is 41.7 Å². The van der Waals surface area contributed by atoms with Crippen LogP contribution in [-0.2, 0) is 11.2 Å². The fraction of sp³-hybridized carbons (Fsp3) is 0.227. The zero-order valence-corrected chi connectivity index (χ0v) is 16.3. The van der Waals surface area contributed by atoms with Gasteiger partial charge in [-0.25, -0.2) is 9.37 Å². The van der Waals surface area contributed by atoms with E-state index in [0.717, 1.165) is 11.1 Å². The number of aromatic hydroxyl groups is 1. The van der Waals surface area contributed by atoms with E-state index < -0.39 is 5.91 Å². The van der Waals surface area contributed by atoms with Gasteiger partial charge in [0.05, 0.1) is 6.61 Å². The molecule has 0 unspecified atom stereocenters. The number of rotatable bonds is 6. The lowest BCUT2D eigenvalue weighted by Gasteiger charge is -2.11. The normalized spacial score (nSPS) is 10.5. The predicted molar refractivity (Wildman–Crippen MR) is 109 cm³/mol. The SMILES string of the molecule is COCCNC(=O)c1nc(C#CCO)c2cc(Cc3ccc(F)cc3)cnc2c1O. The summed E-state index contributed by atoms with van der Waals surface area (Å²) in [6.45, 7) is 0.167. The number of hydrogen-bond donors (Lipinski definition) is 3. The predicted octanol–water partition coefficient (Wildman–Crippen LogP) is 1.79. The number of aromatic nitrogens is 2. The molecule has 2 heterocycles. The first-order valence-electron chi connectivity index (χ1n) is 9.16. The van der Waals surface area contributed by atoms with E-state index in [1.165, 1.54) is 19.2 Å². The number of halogens is 1. The summed E-state index contributed by atoms with van der Waals surface area (Å²) in [7, 11) is 1.51. The first kappa shape index (κ1) is 21.2. The summed E-state index contributed by atoms with van der Waals surface area (Å²) in [5.74, 6) is 3.96. The zero-order valence-electron chi connectivity index (χ0n) is 16.3. The van der Waals surface area contributed by atoms with Crippen LogP contribution in [0.4, 0.5) is 4.39 Å². The molecule has 0 spiro atoms. The Labute approximate surface area is 172 Å². The Morgan fingerprint density at radius 2 is 2.03 bits per heavy atom. The summed E-state index contributed by atoms with van der Waals surface area (Å²) in [6.07, 6.45) is 2.05. The molecule has 0 aliphatic carbocycles. The average Bonchev–Trinajstić information content (AvgIpc) is 2.75. The molecule has 0 aliphatic rings. The maximum absolute atomic E-state index is 13.1. The van der Waals surface area contributed by atoms with Gasteiger partial charge >= 0.3 is 0 Å². The van der Waals surface area contributed by atoms with E-state index in [1.807, 2.05) is 0 Å². The van der Waals surface area contributed by atoms with E-state index in [1.54, 1.807) is 24.4 Å². The average molecular weight is 409 g/mol. The third-order valence-corrected chi connectivity index (χ3v) is 4.29. The van der Waals surface area contributed by atoms with Crippen molar-refractivity contribution in [1.29, 1.82) is 0 Å². The number of carbonyl (C=O) groups is 1. The summed E-state index contributed by atoms with van der Waals surface area (Å²) in [6, 6.07) is 7.87. The molecular formula is C22H20FN3O4. The number of aliphatic hydroxyl groups is 1. The Morgan fingerprint density at radius 1 is 1.27 bits per heavy atom. The fourth-order valence-electron chi connectivity index (χ4n) is 2.88. The van der Waals surface area contributed by atoms with Crippen molar-refractivity contribution in [1.82, 2.24) is 15.3 Å². The van der Waals surface area contributed by atoms with Crippen LogP contribution in [0.2, 0.25) is 0 Å². The van der Waals surface area contributed by atoms with Gasteiger partial charge in [0.2, 0.25) is 0 Å². The highest BCUT2D eigenvalue weighted by Gasteiger charge is 2.20. The van der Waals surface area contributed by atoms with Gasteiger partial charge in [-0.3, -0.25) is 9.78 Å². The highest BCUT2D eigenvalue weighted by atomic mass is 19.1. The van der Waals surface area contributed by atoms with Crippen LogP contribution in [0.1, 0.15) is 27.3 Å². The summed E-state index contributed by atoms with van der Waals surface area (Å²) < 4.78 is 18.0. The minimum Gasteiger partial charge on any atom is -0.504 e. The Bertz CT molecular complexity index is 1120. The van der Waals surface area contributed by atoms with Crippen LogP contribution >= 0.6 is 0 Å². The lowest BCUT2D eigenvalue weighted by molar-refractivity contribution is 0.0929. The molecule has 30 heavy (non-hydrogen) atoms. The maximum Gasteiger partial charge on any atom is 0.273 e. The van der Waals surface area contributed by atoms with E-state index in [-0.39, 0.29) is 41.6 Å². The van der Waals surface area contributed by atoms with E-state index in [2.05, 4.69) is 27.1 Å². The van der Waals surface area contributed by atoms with Crippen molar-refractivity contribution in [3.8, 4) is 17.6 Å². The number of aliphatic hydroxyl groups excluding tert-OH is 1. The topological polar surface area (TPSA) is 105 Å². The van der Waals surface area contributed by atoms with Gasteiger partial charge in [-0.15, -0.1) is 0 Å². The molecule has 0 saturated carbocycles. The van der Waals surface area contributed by atoms with E-state index in [0.29, 0.717) is 18.4 Å². The molecule has 0 bridgehead atoms. The molecule has 0 aliphatic heterocycles. The molecule has 7 nitrogen and oxygen atoms in total. The molecule has 0 saturated heterocycles. The zero-order chi connectivity index (χ0) is 21.5. The van der Waals surface area contributed by atoms with Gasteiger partial charge in [-0.2, -0.15) is 0 Å². The third kappa shape index (κ3) is 4.89. The molecule has 3 aromatic rings. The first-order chi connectivity index (χ1) is 14.5. The van der Waals surface area contributed by atoms with Gasteiger partial charge in [0, 0.05) is 25.2 Å². The molecule has 2 aromatic heterocycles. The van der Waals surface area contributed by atoms with E-state index >= 15 is 0 Å². The molecule has 3 rings (SSSR count). The molecule has 8 heteroatoms. The fourth-order valence-corrected chi connectivity index (χ4v) is 2.88. The minimum atomic E-state index is -0.587. The second-order valence-electron chi connectivity index (χ2n) is 6.41. The molecule has 154 valence electrons. The lowest BCUT2D eigenvalue weighted by atomic mass is 10.0. The second kappa shape index (κ2) is 9.78. The van der Waals surface area contributed by atoms with Crippen LogP contribution in [-0.4, -0.2) is 53.0 Å². The van der Waals surface area contributed by atoms with Gasteiger partial charge in [0.1, 0.15) is 23.6 Å². The summed E-state index contributed by atoms with van der Waals surface area (Å²) in [5, 5.41) is 22.7. The number of hydrogen-bond acceptors (Lipinski definition) is 6. The second-order valence-corrected chi connectivity index (χ2v) is 6.41. The smallest absolute Gasteiger partial charge is 0.273 e. The van der Waals surface area contributed by atoms with Gasteiger partial charge in [-0.1, -0.05) is 18.1 Å². The Kier molecular flexibility index (Phi) is 6.91. The Hall–Kier alpha value is -3.54. The van der Waals surface area contributed by atoms with Crippen LogP contribution < -0.4 is 5.32 Å². The Balaban J connectivity index is 2.03. The summed E-state index contributed by atoms with van der Waals surface area (Å²) in [5.41, 5.74) is 1.85. The largest absolute Gasteiger partial charge is 0.504 e. The van der Waals surface area contributed by atoms with Crippen molar-refractivity contribution in [3.63, 3.8) is 0 Å². The number of amides is 1. The number of benzene rings is 1. The van der Waals surface area contributed by atoms with E-state index in [9.17, 15) is 14.3 Å². The van der Waals surface area contributed by atoms with Gasteiger partial charge in [0.15, 0.2) is 11.4 Å². The van der Waals surface area contributed by atoms with Crippen molar-refractivity contribution >= 4 is 16.8 Å². The third-order valence-electron chi connectivity index (χ3n) is 4.29. The first-order valence-corrected chi connectivity index (χ1v) is 9.16. The number of fused-ring (bicyclic) bond motifs is 1.